The summed E-state index contributed by atoms with van der Waals surface area (Å²) in [4.78, 5) is 32.0. The van der Waals surface area contributed by atoms with Crippen LogP contribution >= 0.6 is 11.3 Å². The average Bonchev–Trinajstić information content (AvgIpc) is 3.12. The standard InChI is InChI=1S/C14H19N5O4S/c1-8(18-13(21)23-14(2,3)4)10-16-7-17-19(10)12-15-6-9(24-12)11(20)22-5/h6-8H,1-5H3,(H,18,21)/t8-/m0/s1. The molecule has 2 aromatic rings. The van der Waals surface area contributed by atoms with Gasteiger partial charge in [-0.25, -0.2) is 19.6 Å². The lowest BCUT2D eigenvalue weighted by Crippen LogP contribution is -2.34. The molecule has 1 N–H and O–H groups in total. The van der Waals surface area contributed by atoms with E-state index in [4.69, 9.17) is 4.74 Å². The van der Waals surface area contributed by atoms with Gasteiger partial charge in [0.15, 0.2) is 5.82 Å². The maximum absolute atomic E-state index is 11.9. The molecule has 9 nitrogen and oxygen atoms in total. The van der Waals surface area contributed by atoms with Crippen LogP contribution in [0.4, 0.5) is 4.79 Å². The predicted octanol–water partition coefficient (Wildman–Crippen LogP) is 2.10. The summed E-state index contributed by atoms with van der Waals surface area (Å²) in [5, 5.41) is 7.23. The molecule has 0 aromatic carbocycles. The molecule has 0 aliphatic heterocycles. The van der Waals surface area contributed by atoms with Crippen LogP contribution in [-0.2, 0) is 9.47 Å². The van der Waals surface area contributed by atoms with Crippen molar-refractivity contribution in [2.75, 3.05) is 7.11 Å². The largest absolute Gasteiger partial charge is 0.465 e. The van der Waals surface area contributed by atoms with Crippen LogP contribution < -0.4 is 5.32 Å². The zero-order chi connectivity index (χ0) is 17.9. The van der Waals surface area contributed by atoms with E-state index >= 15 is 0 Å². The van der Waals surface area contributed by atoms with Gasteiger partial charge in [-0.05, 0) is 27.7 Å². The van der Waals surface area contributed by atoms with Gasteiger partial charge < -0.3 is 14.8 Å². The van der Waals surface area contributed by atoms with Crippen molar-refractivity contribution < 1.29 is 19.1 Å². The zero-order valence-corrected chi connectivity index (χ0v) is 14.9. The van der Waals surface area contributed by atoms with E-state index < -0.39 is 23.7 Å². The molecule has 24 heavy (non-hydrogen) atoms. The van der Waals surface area contributed by atoms with Crippen LogP contribution in [0.15, 0.2) is 12.5 Å². The number of methoxy groups -OCH3 is 1. The number of amides is 1. The highest BCUT2D eigenvalue weighted by molar-refractivity contribution is 7.15. The SMILES string of the molecule is COC(=O)c1cnc(-n2ncnc2[C@H](C)NC(=O)OC(C)(C)C)s1. The molecular weight excluding hydrogens is 334 g/mol. The Morgan fingerprint density at radius 1 is 1.33 bits per heavy atom. The second-order valence-electron chi connectivity index (χ2n) is 5.90. The highest BCUT2D eigenvalue weighted by Crippen LogP contribution is 2.21. The molecule has 2 rings (SSSR count). The van der Waals surface area contributed by atoms with Crippen LogP contribution in [0, 0.1) is 0 Å². The Labute approximate surface area is 143 Å². The molecule has 0 aliphatic carbocycles. The zero-order valence-electron chi connectivity index (χ0n) is 14.1. The van der Waals surface area contributed by atoms with Gasteiger partial charge in [-0.2, -0.15) is 9.78 Å². The van der Waals surface area contributed by atoms with Crippen molar-refractivity contribution in [3.05, 3.63) is 23.2 Å². The van der Waals surface area contributed by atoms with Gasteiger partial charge in [0.2, 0.25) is 5.13 Å². The fourth-order valence-corrected chi connectivity index (χ4v) is 2.60. The summed E-state index contributed by atoms with van der Waals surface area (Å²) in [6.07, 6.45) is 2.20. The summed E-state index contributed by atoms with van der Waals surface area (Å²) in [5.74, 6) is -0.00744. The summed E-state index contributed by atoms with van der Waals surface area (Å²) < 4.78 is 11.3. The second-order valence-corrected chi connectivity index (χ2v) is 6.91. The van der Waals surface area contributed by atoms with Crippen molar-refractivity contribution in [3.63, 3.8) is 0 Å². The molecule has 0 aliphatic rings. The van der Waals surface area contributed by atoms with E-state index in [1.807, 2.05) is 0 Å². The summed E-state index contributed by atoms with van der Waals surface area (Å²) in [7, 11) is 1.30. The maximum atomic E-state index is 11.9. The Morgan fingerprint density at radius 2 is 2.04 bits per heavy atom. The normalized spacial score (nSPS) is 12.5. The minimum atomic E-state index is -0.595. The van der Waals surface area contributed by atoms with Gasteiger partial charge in [0.1, 0.15) is 16.8 Å². The molecular formula is C14H19N5O4S. The first kappa shape index (κ1) is 17.9. The smallest absolute Gasteiger partial charge is 0.408 e. The fourth-order valence-electron chi connectivity index (χ4n) is 1.80. The quantitative estimate of drug-likeness (QED) is 0.838. The third-order valence-corrected chi connectivity index (χ3v) is 3.71. The van der Waals surface area contributed by atoms with Crippen LogP contribution in [0.2, 0.25) is 0 Å². The van der Waals surface area contributed by atoms with E-state index in [1.54, 1.807) is 27.7 Å². The van der Waals surface area contributed by atoms with E-state index in [2.05, 4.69) is 25.1 Å². The number of carbonyl (C=O) groups is 2. The molecule has 0 saturated carbocycles. The Kier molecular flexibility index (Phi) is 5.17. The minimum Gasteiger partial charge on any atom is -0.465 e. The number of thiazole rings is 1. The second kappa shape index (κ2) is 6.95. The molecule has 0 saturated heterocycles. The molecule has 1 atom stereocenters. The number of hydrogen-bond donors (Lipinski definition) is 1. The van der Waals surface area contributed by atoms with Gasteiger partial charge in [0.05, 0.1) is 19.3 Å². The van der Waals surface area contributed by atoms with E-state index in [-0.39, 0.29) is 0 Å². The molecule has 1 amide bonds. The lowest BCUT2D eigenvalue weighted by atomic mass is 10.2. The highest BCUT2D eigenvalue weighted by atomic mass is 32.1. The molecule has 0 fully saturated rings. The molecule has 2 heterocycles. The van der Waals surface area contributed by atoms with Gasteiger partial charge in [0.25, 0.3) is 0 Å². The number of ether oxygens (including phenoxy) is 2. The van der Waals surface area contributed by atoms with Gasteiger partial charge in [-0.15, -0.1) is 0 Å². The molecule has 2 aromatic heterocycles. The maximum Gasteiger partial charge on any atom is 0.408 e. The molecule has 130 valence electrons. The van der Waals surface area contributed by atoms with E-state index in [9.17, 15) is 9.59 Å². The Bertz CT molecular complexity index is 734. The lowest BCUT2D eigenvalue weighted by molar-refractivity contribution is 0.0504. The third kappa shape index (κ3) is 4.28. The van der Waals surface area contributed by atoms with Crippen LogP contribution in [-0.4, -0.2) is 44.5 Å². The van der Waals surface area contributed by atoms with E-state index in [0.29, 0.717) is 15.8 Å². The average molecular weight is 353 g/mol. The molecule has 0 spiro atoms. The summed E-state index contributed by atoms with van der Waals surface area (Å²) in [6, 6.07) is -0.465. The number of hydrogen-bond acceptors (Lipinski definition) is 8. The van der Waals surface area contributed by atoms with Crippen molar-refractivity contribution in [3.8, 4) is 5.13 Å². The topological polar surface area (TPSA) is 108 Å². The predicted molar refractivity (Wildman–Crippen MR) is 86.2 cm³/mol. The number of alkyl carbamates (subject to hydrolysis) is 1. The van der Waals surface area contributed by atoms with E-state index in [0.717, 1.165) is 11.3 Å². The Balaban J connectivity index is 2.16. The molecule has 0 unspecified atom stereocenters. The number of aromatic nitrogens is 4. The summed E-state index contributed by atoms with van der Waals surface area (Å²) in [5.41, 5.74) is -0.595. The summed E-state index contributed by atoms with van der Waals surface area (Å²) >= 11 is 1.11. The van der Waals surface area contributed by atoms with Crippen molar-refractivity contribution in [2.24, 2.45) is 0 Å². The van der Waals surface area contributed by atoms with Gasteiger partial charge >= 0.3 is 12.1 Å². The van der Waals surface area contributed by atoms with Crippen LogP contribution in [0.25, 0.3) is 5.13 Å². The first-order valence-electron chi connectivity index (χ1n) is 7.15. The third-order valence-electron chi connectivity index (χ3n) is 2.76. The fraction of sp³-hybridized carbons (Fsp3) is 0.500. The number of rotatable bonds is 4. The van der Waals surface area contributed by atoms with Crippen LogP contribution in [0.1, 0.15) is 49.2 Å². The minimum absolute atomic E-state index is 0.349. The van der Waals surface area contributed by atoms with Crippen molar-refractivity contribution in [1.82, 2.24) is 25.1 Å². The first-order valence-corrected chi connectivity index (χ1v) is 7.97. The Hall–Kier alpha value is -2.49. The van der Waals surface area contributed by atoms with Gasteiger partial charge in [-0.1, -0.05) is 11.3 Å². The van der Waals surface area contributed by atoms with Crippen LogP contribution in [0.3, 0.4) is 0 Å². The van der Waals surface area contributed by atoms with Crippen molar-refractivity contribution in [1.29, 1.82) is 0 Å². The van der Waals surface area contributed by atoms with Gasteiger partial charge in [0, 0.05) is 0 Å². The molecule has 0 bridgehead atoms. The number of carbonyl (C=O) groups excluding carboxylic acids is 2. The van der Waals surface area contributed by atoms with Crippen molar-refractivity contribution >= 4 is 23.4 Å². The highest BCUT2D eigenvalue weighted by Gasteiger charge is 2.22. The number of nitrogens with zero attached hydrogens (tertiary/aromatic N) is 4. The Morgan fingerprint density at radius 3 is 2.67 bits per heavy atom. The number of nitrogens with one attached hydrogen (secondary N) is 1. The lowest BCUT2D eigenvalue weighted by Gasteiger charge is -2.21. The first-order chi connectivity index (χ1) is 11.2. The molecule has 0 radical (unpaired) electrons. The van der Waals surface area contributed by atoms with E-state index in [1.165, 1.54) is 24.3 Å². The van der Waals surface area contributed by atoms with Crippen LogP contribution in [0.5, 0.6) is 0 Å². The number of esters is 1. The summed E-state index contributed by atoms with van der Waals surface area (Å²) in [6.45, 7) is 7.09. The van der Waals surface area contributed by atoms with Crippen molar-refractivity contribution in [2.45, 2.75) is 39.3 Å². The molecule has 10 heteroatoms. The monoisotopic (exact) mass is 353 g/mol. The van der Waals surface area contributed by atoms with Gasteiger partial charge in [-0.3, -0.25) is 0 Å².